The highest BCUT2D eigenvalue weighted by atomic mass is 35.5. The second-order valence-corrected chi connectivity index (χ2v) is 3.48. The van der Waals surface area contributed by atoms with Crippen molar-refractivity contribution in [3.05, 3.63) is 47.7 Å². The van der Waals surface area contributed by atoms with E-state index in [2.05, 4.69) is 10.3 Å². The van der Waals surface area contributed by atoms with E-state index in [4.69, 9.17) is 17.3 Å². The van der Waals surface area contributed by atoms with Crippen molar-refractivity contribution in [2.75, 3.05) is 11.1 Å². The molecule has 0 atom stereocenters. The van der Waals surface area contributed by atoms with Crippen LogP contribution in [-0.2, 0) is 0 Å². The summed E-state index contributed by atoms with van der Waals surface area (Å²) < 4.78 is 0. The predicted molar refractivity (Wildman–Crippen MR) is 63.4 cm³/mol. The Bertz CT molecular complexity index is 436. The highest BCUT2D eigenvalue weighted by Crippen LogP contribution is 2.30. The van der Waals surface area contributed by atoms with E-state index >= 15 is 0 Å². The van der Waals surface area contributed by atoms with Gasteiger partial charge in [0.2, 0.25) is 0 Å². The molecule has 0 amide bonds. The summed E-state index contributed by atoms with van der Waals surface area (Å²) in [5.74, 6) is 0. The van der Waals surface area contributed by atoms with Gasteiger partial charge in [0.25, 0.3) is 0 Å². The number of nitrogen functional groups attached to an aromatic ring is 1. The highest BCUT2D eigenvalue weighted by Gasteiger charge is 2.03. The molecule has 0 aliphatic heterocycles. The molecular weight excluding hydrogens is 210 g/mol. The third-order valence-corrected chi connectivity index (χ3v) is 2.29. The third kappa shape index (κ3) is 2.19. The van der Waals surface area contributed by atoms with E-state index in [0.29, 0.717) is 16.4 Å². The van der Waals surface area contributed by atoms with Crippen molar-refractivity contribution in [3.63, 3.8) is 0 Å². The number of anilines is 3. The number of para-hydroxylation sites is 1. The number of halogens is 1. The van der Waals surface area contributed by atoms with Crippen LogP contribution in [0.3, 0.4) is 0 Å². The summed E-state index contributed by atoms with van der Waals surface area (Å²) in [6.07, 6.45) is 3.42. The van der Waals surface area contributed by atoms with Crippen molar-refractivity contribution in [1.29, 1.82) is 0 Å². The fourth-order valence-electron chi connectivity index (χ4n) is 1.25. The smallest absolute Gasteiger partial charge is 0.0807 e. The average Bonchev–Trinajstić information content (AvgIpc) is 2.25. The monoisotopic (exact) mass is 219 g/mol. The van der Waals surface area contributed by atoms with Crippen LogP contribution in [0, 0.1) is 0 Å². The minimum absolute atomic E-state index is 0.596. The van der Waals surface area contributed by atoms with Gasteiger partial charge in [-0.15, -0.1) is 0 Å². The Labute approximate surface area is 92.9 Å². The molecule has 2 aromatic rings. The molecule has 76 valence electrons. The number of pyridine rings is 1. The van der Waals surface area contributed by atoms with Crippen LogP contribution < -0.4 is 11.1 Å². The van der Waals surface area contributed by atoms with Crippen molar-refractivity contribution in [3.8, 4) is 0 Å². The van der Waals surface area contributed by atoms with Crippen molar-refractivity contribution in [1.82, 2.24) is 4.98 Å². The number of benzene rings is 1. The first-order chi connectivity index (χ1) is 7.27. The molecule has 1 aromatic carbocycles. The lowest BCUT2D eigenvalue weighted by atomic mass is 10.2. The summed E-state index contributed by atoms with van der Waals surface area (Å²) in [5.41, 5.74) is 7.99. The molecule has 0 aliphatic carbocycles. The van der Waals surface area contributed by atoms with Gasteiger partial charge in [-0.05, 0) is 24.3 Å². The summed E-state index contributed by atoms with van der Waals surface area (Å²) in [6, 6.07) is 9.14. The fourth-order valence-corrected chi connectivity index (χ4v) is 1.48. The third-order valence-electron chi connectivity index (χ3n) is 1.98. The first kappa shape index (κ1) is 9.80. The summed E-state index contributed by atoms with van der Waals surface area (Å²) >= 11 is 6.02. The number of rotatable bonds is 2. The average molecular weight is 220 g/mol. The van der Waals surface area contributed by atoms with Crippen LogP contribution in [0.4, 0.5) is 17.1 Å². The number of nitrogens with zero attached hydrogens (tertiary/aromatic N) is 1. The van der Waals surface area contributed by atoms with E-state index in [9.17, 15) is 0 Å². The summed E-state index contributed by atoms with van der Waals surface area (Å²) in [4.78, 5) is 3.99. The lowest BCUT2D eigenvalue weighted by Gasteiger charge is -2.10. The lowest BCUT2D eigenvalue weighted by molar-refractivity contribution is 1.32. The quantitative estimate of drug-likeness (QED) is 0.764. The first-order valence-electron chi connectivity index (χ1n) is 4.48. The van der Waals surface area contributed by atoms with Crippen molar-refractivity contribution in [2.45, 2.75) is 0 Å². The molecule has 0 bridgehead atoms. The predicted octanol–water partition coefficient (Wildman–Crippen LogP) is 3.06. The van der Waals surface area contributed by atoms with E-state index in [-0.39, 0.29) is 0 Å². The van der Waals surface area contributed by atoms with Gasteiger partial charge in [-0.25, -0.2) is 0 Å². The molecule has 15 heavy (non-hydrogen) atoms. The van der Waals surface area contributed by atoms with Gasteiger partial charge < -0.3 is 11.1 Å². The first-order valence-corrected chi connectivity index (χ1v) is 4.86. The zero-order valence-electron chi connectivity index (χ0n) is 7.94. The van der Waals surface area contributed by atoms with Crippen molar-refractivity contribution >= 4 is 28.7 Å². The number of aromatic nitrogens is 1. The van der Waals surface area contributed by atoms with Crippen LogP contribution in [0.5, 0.6) is 0 Å². The molecule has 0 aliphatic rings. The Morgan fingerprint density at radius 1 is 1.20 bits per heavy atom. The number of hydrogen-bond donors (Lipinski definition) is 2. The van der Waals surface area contributed by atoms with Crippen molar-refractivity contribution < 1.29 is 0 Å². The van der Waals surface area contributed by atoms with E-state index < -0.39 is 0 Å². The molecular formula is C11H10ClN3. The maximum Gasteiger partial charge on any atom is 0.0807 e. The Kier molecular flexibility index (Phi) is 2.74. The molecule has 0 fully saturated rings. The van der Waals surface area contributed by atoms with E-state index in [1.165, 1.54) is 0 Å². The maximum atomic E-state index is 6.02. The molecule has 0 saturated heterocycles. The van der Waals surface area contributed by atoms with Gasteiger partial charge in [-0.3, -0.25) is 4.98 Å². The minimum atomic E-state index is 0.596. The van der Waals surface area contributed by atoms with Crippen LogP contribution in [0.1, 0.15) is 0 Å². The second-order valence-electron chi connectivity index (χ2n) is 3.07. The number of nitrogens with two attached hydrogens (primary N) is 1. The number of hydrogen-bond acceptors (Lipinski definition) is 3. The Morgan fingerprint density at radius 3 is 2.73 bits per heavy atom. The Hall–Kier alpha value is -1.74. The standard InChI is InChI=1S/C11H10ClN3/c12-9-4-1-5-10(13)11(9)15-8-3-2-6-14-7-8/h1-7,15H,13H2. The van der Waals surface area contributed by atoms with Crippen LogP contribution in [0.25, 0.3) is 0 Å². The molecule has 0 radical (unpaired) electrons. The molecule has 0 spiro atoms. The van der Waals surface area contributed by atoms with Gasteiger partial charge in [0.05, 0.1) is 28.3 Å². The van der Waals surface area contributed by atoms with Crippen molar-refractivity contribution in [2.24, 2.45) is 0 Å². The zero-order valence-corrected chi connectivity index (χ0v) is 8.70. The van der Waals surface area contributed by atoms with Gasteiger partial charge in [0.1, 0.15) is 0 Å². The largest absolute Gasteiger partial charge is 0.397 e. The molecule has 1 heterocycles. The zero-order chi connectivity index (χ0) is 10.7. The van der Waals surface area contributed by atoms with Crippen LogP contribution in [0.15, 0.2) is 42.7 Å². The highest BCUT2D eigenvalue weighted by molar-refractivity contribution is 6.34. The lowest BCUT2D eigenvalue weighted by Crippen LogP contribution is -1.96. The summed E-state index contributed by atoms with van der Waals surface area (Å²) in [5, 5.41) is 3.72. The Morgan fingerprint density at radius 2 is 2.07 bits per heavy atom. The van der Waals surface area contributed by atoms with Crippen LogP contribution in [-0.4, -0.2) is 4.98 Å². The SMILES string of the molecule is Nc1cccc(Cl)c1Nc1cccnc1. The molecule has 0 saturated carbocycles. The second kappa shape index (κ2) is 4.19. The summed E-state index contributed by atoms with van der Waals surface area (Å²) in [6.45, 7) is 0. The van der Waals surface area contributed by atoms with E-state index in [1.54, 1.807) is 24.5 Å². The van der Waals surface area contributed by atoms with Gasteiger partial charge in [0.15, 0.2) is 0 Å². The van der Waals surface area contributed by atoms with Crippen LogP contribution >= 0.6 is 11.6 Å². The fraction of sp³-hybridized carbons (Fsp3) is 0. The molecule has 2 rings (SSSR count). The maximum absolute atomic E-state index is 6.02. The van der Waals surface area contributed by atoms with Gasteiger partial charge in [-0.2, -0.15) is 0 Å². The van der Waals surface area contributed by atoms with Gasteiger partial charge in [-0.1, -0.05) is 17.7 Å². The van der Waals surface area contributed by atoms with Gasteiger partial charge in [0, 0.05) is 6.20 Å². The summed E-state index contributed by atoms with van der Waals surface area (Å²) in [7, 11) is 0. The minimum Gasteiger partial charge on any atom is -0.397 e. The topological polar surface area (TPSA) is 50.9 Å². The molecule has 1 aromatic heterocycles. The normalized spacial score (nSPS) is 9.93. The Balaban J connectivity index is 2.32. The molecule has 4 heteroatoms. The molecule has 3 N–H and O–H groups in total. The molecule has 3 nitrogen and oxygen atoms in total. The van der Waals surface area contributed by atoms with Crippen LogP contribution in [0.2, 0.25) is 5.02 Å². The van der Waals surface area contributed by atoms with E-state index in [0.717, 1.165) is 5.69 Å². The van der Waals surface area contributed by atoms with E-state index in [1.807, 2.05) is 18.2 Å². The molecule has 0 unspecified atom stereocenters. The number of nitrogens with one attached hydrogen (secondary N) is 1. The van der Waals surface area contributed by atoms with Gasteiger partial charge >= 0.3 is 0 Å².